The number of benzene rings is 1. The molecule has 1 heterocycles. The summed E-state index contributed by atoms with van der Waals surface area (Å²) in [4.78, 5) is 11.1. The second kappa shape index (κ2) is 5.58. The first kappa shape index (κ1) is 15.3. The zero-order chi connectivity index (χ0) is 16.6. The first-order valence-electron chi connectivity index (χ1n) is 7.68. The molecule has 1 aromatic rings. The monoisotopic (exact) mass is 308 g/mol. The molecule has 0 radical (unpaired) electrons. The van der Waals surface area contributed by atoms with Crippen molar-refractivity contribution >= 4 is 5.97 Å². The van der Waals surface area contributed by atoms with Crippen molar-refractivity contribution in [1.29, 1.82) is 0 Å². The topological polar surface area (TPSA) is 50.4 Å². The third-order valence-corrected chi connectivity index (χ3v) is 4.04. The molecule has 1 aliphatic heterocycles. The molecule has 3 nitrogen and oxygen atoms in total. The summed E-state index contributed by atoms with van der Waals surface area (Å²) in [7, 11) is 0. The molecule has 3 rings (SSSR count). The Morgan fingerprint density at radius 1 is 1.09 bits per heavy atom. The molecule has 0 unspecified atom stereocenters. The van der Waals surface area contributed by atoms with E-state index in [1.54, 1.807) is 6.26 Å². The van der Waals surface area contributed by atoms with Crippen LogP contribution >= 0.6 is 0 Å². The summed E-state index contributed by atoms with van der Waals surface area (Å²) in [6, 6.07) is 14.0. The summed E-state index contributed by atoms with van der Waals surface area (Å²) in [6.07, 6.45) is 1.70. The highest BCUT2D eigenvalue weighted by molar-refractivity contribution is 5.89. The van der Waals surface area contributed by atoms with Gasteiger partial charge in [-0.25, -0.2) is 0 Å². The minimum atomic E-state index is -0.855. The number of hydrogen-bond acceptors (Lipinski definition) is 2. The van der Waals surface area contributed by atoms with Gasteiger partial charge in [-0.05, 0) is 34.2 Å². The molecule has 1 aliphatic carbocycles. The van der Waals surface area contributed by atoms with Gasteiger partial charge in [0.05, 0.1) is 12.7 Å². The average molecular weight is 308 g/mol. The van der Waals surface area contributed by atoms with Crippen LogP contribution in [-0.4, -0.2) is 11.1 Å². The Labute approximate surface area is 135 Å². The first-order valence-corrected chi connectivity index (χ1v) is 7.68. The zero-order valence-electron chi connectivity index (χ0n) is 13.6. The van der Waals surface area contributed by atoms with Gasteiger partial charge in [-0.15, -0.1) is 0 Å². The smallest absolute Gasteiger partial charge is 0.307 e. The van der Waals surface area contributed by atoms with Gasteiger partial charge in [0.1, 0.15) is 5.76 Å². The van der Waals surface area contributed by atoms with E-state index in [0.29, 0.717) is 11.3 Å². The van der Waals surface area contributed by atoms with Crippen LogP contribution in [0.1, 0.15) is 31.9 Å². The van der Waals surface area contributed by atoms with Gasteiger partial charge in [-0.2, -0.15) is 0 Å². The van der Waals surface area contributed by atoms with E-state index in [1.807, 2.05) is 36.4 Å². The fraction of sp³-hybridized carbons (Fsp3) is 0.250. The molecule has 0 saturated heterocycles. The fourth-order valence-electron chi connectivity index (χ4n) is 2.75. The third-order valence-electron chi connectivity index (χ3n) is 4.04. The molecule has 0 atom stereocenters. The lowest BCUT2D eigenvalue weighted by Crippen LogP contribution is -2.11. The molecule has 0 bridgehead atoms. The van der Waals surface area contributed by atoms with E-state index in [9.17, 15) is 4.79 Å². The zero-order valence-corrected chi connectivity index (χ0v) is 13.6. The van der Waals surface area contributed by atoms with Crippen molar-refractivity contribution in [3.8, 4) is 22.5 Å². The summed E-state index contributed by atoms with van der Waals surface area (Å²) in [5.74, 6) is -0.189. The number of carboxylic acids is 1. The van der Waals surface area contributed by atoms with Crippen molar-refractivity contribution in [2.45, 2.75) is 32.6 Å². The number of rotatable bonds is 3. The van der Waals surface area contributed by atoms with Crippen LogP contribution in [0.5, 0.6) is 0 Å². The summed E-state index contributed by atoms with van der Waals surface area (Å²) in [6.45, 7) is 6.40. The van der Waals surface area contributed by atoms with Crippen molar-refractivity contribution in [2.75, 3.05) is 0 Å². The Kier molecular flexibility index (Phi) is 3.72. The van der Waals surface area contributed by atoms with Gasteiger partial charge in [-0.3, -0.25) is 4.79 Å². The Bertz CT molecular complexity index is 807. The molecule has 0 aromatic heterocycles. The van der Waals surface area contributed by atoms with Crippen molar-refractivity contribution in [1.82, 2.24) is 0 Å². The molecule has 0 spiro atoms. The van der Waals surface area contributed by atoms with Crippen LogP contribution < -0.4 is 0 Å². The fourth-order valence-corrected chi connectivity index (χ4v) is 2.75. The Morgan fingerprint density at radius 3 is 2.39 bits per heavy atom. The number of carbonyl (C=O) groups is 1. The highest BCUT2D eigenvalue weighted by Gasteiger charge is 2.24. The van der Waals surface area contributed by atoms with E-state index in [-0.39, 0.29) is 11.8 Å². The van der Waals surface area contributed by atoms with Crippen molar-refractivity contribution in [3.05, 3.63) is 59.9 Å². The minimum Gasteiger partial charge on any atom is -0.481 e. The van der Waals surface area contributed by atoms with Crippen LogP contribution in [-0.2, 0) is 16.6 Å². The molecular formula is C20H20O3. The van der Waals surface area contributed by atoms with Crippen molar-refractivity contribution in [3.63, 3.8) is 0 Å². The van der Waals surface area contributed by atoms with Crippen molar-refractivity contribution in [2.24, 2.45) is 0 Å². The van der Waals surface area contributed by atoms with Gasteiger partial charge in [0.15, 0.2) is 0 Å². The summed E-state index contributed by atoms with van der Waals surface area (Å²) >= 11 is 0. The van der Waals surface area contributed by atoms with Gasteiger partial charge in [0, 0.05) is 11.1 Å². The van der Waals surface area contributed by atoms with Gasteiger partial charge < -0.3 is 9.52 Å². The largest absolute Gasteiger partial charge is 0.481 e. The Balaban J connectivity index is 2.23. The molecule has 0 saturated carbocycles. The molecule has 1 aromatic carbocycles. The number of fused-ring (bicyclic) bond motifs is 1. The summed E-state index contributed by atoms with van der Waals surface area (Å²) in [5.41, 5.74) is 4.83. The van der Waals surface area contributed by atoms with Crippen LogP contribution in [0, 0.1) is 0 Å². The molecule has 1 N–H and O–H groups in total. The number of hydrogen-bond donors (Lipinski definition) is 1. The lowest BCUT2D eigenvalue weighted by atomic mass is 9.87. The molecule has 118 valence electrons. The van der Waals surface area contributed by atoms with E-state index < -0.39 is 5.97 Å². The first-order chi connectivity index (χ1) is 10.9. The van der Waals surface area contributed by atoms with E-state index in [2.05, 4.69) is 26.8 Å². The second-order valence-corrected chi connectivity index (χ2v) is 6.85. The normalized spacial score (nSPS) is 11.8. The minimum absolute atomic E-state index is 0.0319. The predicted octanol–water partition coefficient (Wildman–Crippen LogP) is 4.98. The molecule has 3 heteroatoms. The van der Waals surface area contributed by atoms with E-state index in [4.69, 9.17) is 9.52 Å². The van der Waals surface area contributed by atoms with Crippen LogP contribution in [0.15, 0.2) is 53.1 Å². The molecule has 23 heavy (non-hydrogen) atoms. The predicted molar refractivity (Wildman–Crippen MR) is 90.8 cm³/mol. The van der Waals surface area contributed by atoms with E-state index >= 15 is 0 Å². The van der Waals surface area contributed by atoms with Gasteiger partial charge in [0.25, 0.3) is 0 Å². The maximum atomic E-state index is 11.1. The molecule has 2 aliphatic rings. The van der Waals surface area contributed by atoms with Crippen LogP contribution in [0.2, 0.25) is 0 Å². The van der Waals surface area contributed by atoms with Crippen LogP contribution in [0.3, 0.4) is 0 Å². The maximum Gasteiger partial charge on any atom is 0.307 e. The van der Waals surface area contributed by atoms with Crippen molar-refractivity contribution < 1.29 is 14.3 Å². The Hall–Kier alpha value is -2.55. The standard InChI is InChI=1S/C20H20O3/c1-20(2,3)15-11-17-16(13-7-5-4-6-8-13)9-14(10-18(21)22)19(17)23-12-15/h4-9,11-12H,10H2,1-3H3,(H,21,22). The third kappa shape index (κ3) is 3.00. The van der Waals surface area contributed by atoms with Gasteiger partial charge >= 0.3 is 5.97 Å². The highest BCUT2D eigenvalue weighted by Crippen LogP contribution is 2.41. The van der Waals surface area contributed by atoms with Gasteiger partial charge in [0.2, 0.25) is 0 Å². The molecular weight excluding hydrogens is 288 g/mol. The second-order valence-electron chi connectivity index (χ2n) is 6.85. The Morgan fingerprint density at radius 2 is 1.78 bits per heavy atom. The highest BCUT2D eigenvalue weighted by atomic mass is 16.4. The number of aliphatic carboxylic acids is 1. The maximum absolute atomic E-state index is 11.1. The average Bonchev–Trinajstić information content (AvgIpc) is 2.85. The quantitative estimate of drug-likeness (QED) is 0.742. The lowest BCUT2D eigenvalue weighted by Gasteiger charge is -2.19. The number of carboxylic acid groups (broad SMARTS) is 1. The van der Waals surface area contributed by atoms with E-state index in [0.717, 1.165) is 22.3 Å². The van der Waals surface area contributed by atoms with Crippen LogP contribution in [0.25, 0.3) is 22.5 Å². The van der Waals surface area contributed by atoms with Crippen LogP contribution in [0.4, 0.5) is 0 Å². The molecule has 0 fully saturated rings. The van der Waals surface area contributed by atoms with E-state index in [1.165, 1.54) is 0 Å². The lowest BCUT2D eigenvalue weighted by molar-refractivity contribution is -0.136. The van der Waals surface area contributed by atoms with Gasteiger partial charge in [-0.1, -0.05) is 51.1 Å². The molecule has 0 amide bonds. The summed E-state index contributed by atoms with van der Waals surface area (Å²) in [5, 5.41) is 9.15. The summed E-state index contributed by atoms with van der Waals surface area (Å²) < 4.78 is 5.84. The SMILES string of the molecule is CC(C)(C)c1coc2c(CC(=O)O)cc(-c3ccccc3)c-2c1.